The zero-order chi connectivity index (χ0) is 18.7. The molecule has 0 aliphatic carbocycles. The summed E-state index contributed by atoms with van der Waals surface area (Å²) in [5.74, 6) is -1.19. The molecule has 26 heavy (non-hydrogen) atoms. The Kier molecular flexibility index (Phi) is 4.85. The van der Waals surface area contributed by atoms with Crippen LogP contribution in [-0.4, -0.2) is 20.5 Å². The summed E-state index contributed by atoms with van der Waals surface area (Å²) in [5, 5.41) is 0. The fourth-order valence-electron chi connectivity index (χ4n) is 2.35. The number of ether oxygens (including phenoxy) is 1. The number of halogens is 2. The summed E-state index contributed by atoms with van der Waals surface area (Å²) in [6, 6.07) is 12.7. The summed E-state index contributed by atoms with van der Waals surface area (Å²) in [5.41, 5.74) is 0.169. The predicted octanol–water partition coefficient (Wildman–Crippen LogP) is 3.84. The van der Waals surface area contributed by atoms with E-state index in [1.165, 1.54) is 43.5 Å². The molecule has 134 valence electrons. The van der Waals surface area contributed by atoms with E-state index in [1.54, 1.807) is 12.1 Å². The highest BCUT2D eigenvalue weighted by Gasteiger charge is 2.18. The highest BCUT2D eigenvalue weighted by molar-refractivity contribution is 7.92. The minimum absolute atomic E-state index is 0.0145. The van der Waals surface area contributed by atoms with Crippen LogP contribution < -0.4 is 9.46 Å². The molecule has 3 aromatic rings. The zero-order valence-electron chi connectivity index (χ0n) is 13.6. The molecule has 8 heteroatoms. The number of hydrogen-bond acceptors (Lipinski definition) is 4. The van der Waals surface area contributed by atoms with Gasteiger partial charge in [-0.05, 0) is 30.3 Å². The molecule has 1 aromatic heterocycles. The van der Waals surface area contributed by atoms with Gasteiger partial charge < -0.3 is 4.74 Å². The third-order valence-electron chi connectivity index (χ3n) is 3.60. The first kappa shape index (κ1) is 17.8. The minimum atomic E-state index is -3.92. The van der Waals surface area contributed by atoms with Gasteiger partial charge in [-0.2, -0.15) is 0 Å². The van der Waals surface area contributed by atoms with Gasteiger partial charge in [0.15, 0.2) is 5.82 Å². The third kappa shape index (κ3) is 3.65. The van der Waals surface area contributed by atoms with E-state index >= 15 is 0 Å². The van der Waals surface area contributed by atoms with Crippen molar-refractivity contribution in [2.75, 3.05) is 11.8 Å². The molecule has 3 rings (SSSR count). The Morgan fingerprint density at radius 1 is 1.04 bits per heavy atom. The maximum atomic E-state index is 14.1. The number of anilines is 1. The summed E-state index contributed by atoms with van der Waals surface area (Å²) < 4.78 is 59.8. The van der Waals surface area contributed by atoms with Crippen LogP contribution in [0, 0.1) is 11.6 Å². The van der Waals surface area contributed by atoms with Crippen LogP contribution in [-0.2, 0) is 10.0 Å². The largest absolute Gasteiger partial charge is 0.497 e. The lowest BCUT2D eigenvalue weighted by Crippen LogP contribution is -2.13. The SMILES string of the molecule is COc1ccc(S(=O)(=O)Nc2ccccc2-c2ncc(F)cc2F)cc1. The normalized spacial score (nSPS) is 11.2. The van der Waals surface area contributed by atoms with Crippen LogP contribution in [0.25, 0.3) is 11.3 Å². The van der Waals surface area contributed by atoms with E-state index in [4.69, 9.17) is 4.74 Å². The summed E-state index contributed by atoms with van der Waals surface area (Å²) in [6.07, 6.45) is 0.868. The molecule has 0 saturated carbocycles. The van der Waals surface area contributed by atoms with Crippen LogP contribution in [0.4, 0.5) is 14.5 Å². The molecule has 0 saturated heterocycles. The fourth-order valence-corrected chi connectivity index (χ4v) is 3.43. The van der Waals surface area contributed by atoms with Crippen molar-refractivity contribution in [2.45, 2.75) is 4.90 Å². The van der Waals surface area contributed by atoms with Crippen molar-refractivity contribution in [3.05, 3.63) is 72.4 Å². The maximum Gasteiger partial charge on any atom is 0.261 e. The number of nitrogens with one attached hydrogen (secondary N) is 1. The first-order chi connectivity index (χ1) is 12.4. The molecular formula is C18H14F2N2O3S. The number of rotatable bonds is 5. The molecule has 5 nitrogen and oxygen atoms in total. The molecule has 0 unspecified atom stereocenters. The second-order valence-electron chi connectivity index (χ2n) is 5.31. The fraction of sp³-hybridized carbons (Fsp3) is 0.0556. The number of para-hydroxylation sites is 1. The van der Waals surface area contributed by atoms with Crippen LogP contribution >= 0.6 is 0 Å². The molecule has 0 aliphatic heterocycles. The van der Waals surface area contributed by atoms with E-state index in [0.29, 0.717) is 11.8 Å². The predicted molar refractivity (Wildman–Crippen MR) is 93.4 cm³/mol. The number of pyridine rings is 1. The molecule has 0 radical (unpaired) electrons. The first-order valence-corrected chi connectivity index (χ1v) is 8.96. The maximum absolute atomic E-state index is 14.1. The average molecular weight is 376 g/mol. The first-order valence-electron chi connectivity index (χ1n) is 7.48. The molecule has 0 spiro atoms. The van der Waals surface area contributed by atoms with E-state index in [9.17, 15) is 17.2 Å². The number of nitrogens with zero attached hydrogens (tertiary/aromatic N) is 1. The quantitative estimate of drug-likeness (QED) is 0.735. The monoisotopic (exact) mass is 376 g/mol. The molecule has 0 bridgehead atoms. The van der Waals surface area contributed by atoms with Gasteiger partial charge in [0.2, 0.25) is 0 Å². The van der Waals surface area contributed by atoms with Crippen molar-refractivity contribution in [3.63, 3.8) is 0 Å². The van der Waals surface area contributed by atoms with Gasteiger partial charge in [-0.3, -0.25) is 9.71 Å². The lowest BCUT2D eigenvalue weighted by molar-refractivity contribution is 0.414. The van der Waals surface area contributed by atoms with Gasteiger partial charge in [-0.1, -0.05) is 18.2 Å². The van der Waals surface area contributed by atoms with E-state index in [0.717, 1.165) is 6.20 Å². The van der Waals surface area contributed by atoms with Crippen molar-refractivity contribution in [3.8, 4) is 17.0 Å². The Morgan fingerprint density at radius 2 is 1.73 bits per heavy atom. The van der Waals surface area contributed by atoms with E-state index in [2.05, 4.69) is 9.71 Å². The van der Waals surface area contributed by atoms with E-state index in [1.807, 2.05) is 0 Å². The van der Waals surface area contributed by atoms with Crippen LogP contribution in [0.3, 0.4) is 0 Å². The Bertz CT molecular complexity index is 1040. The molecule has 1 heterocycles. The zero-order valence-corrected chi connectivity index (χ0v) is 14.4. The summed E-state index contributed by atoms with van der Waals surface area (Å²) in [7, 11) is -2.45. The highest BCUT2D eigenvalue weighted by atomic mass is 32.2. The highest BCUT2D eigenvalue weighted by Crippen LogP contribution is 2.30. The van der Waals surface area contributed by atoms with Gasteiger partial charge in [0.1, 0.15) is 17.3 Å². The van der Waals surface area contributed by atoms with Crippen molar-refractivity contribution >= 4 is 15.7 Å². The van der Waals surface area contributed by atoms with Crippen molar-refractivity contribution < 1.29 is 21.9 Å². The molecule has 0 amide bonds. The number of hydrogen-bond donors (Lipinski definition) is 1. The van der Waals surface area contributed by atoms with E-state index in [-0.39, 0.29) is 21.8 Å². The summed E-state index contributed by atoms with van der Waals surface area (Å²) >= 11 is 0. The van der Waals surface area contributed by atoms with Gasteiger partial charge in [0.25, 0.3) is 10.0 Å². The van der Waals surface area contributed by atoms with Gasteiger partial charge in [0.05, 0.1) is 23.9 Å². The Labute approximate surface area is 149 Å². The second kappa shape index (κ2) is 7.09. The summed E-state index contributed by atoms with van der Waals surface area (Å²) in [6.45, 7) is 0. The lowest BCUT2D eigenvalue weighted by Gasteiger charge is -2.13. The second-order valence-corrected chi connectivity index (χ2v) is 6.99. The molecule has 1 N–H and O–H groups in total. The minimum Gasteiger partial charge on any atom is -0.497 e. The Hall–Kier alpha value is -3.00. The molecular weight excluding hydrogens is 362 g/mol. The van der Waals surface area contributed by atoms with Gasteiger partial charge >= 0.3 is 0 Å². The van der Waals surface area contributed by atoms with Crippen molar-refractivity contribution in [2.24, 2.45) is 0 Å². The Morgan fingerprint density at radius 3 is 2.38 bits per heavy atom. The number of sulfonamides is 1. The van der Waals surface area contributed by atoms with Crippen LogP contribution in [0.1, 0.15) is 0 Å². The number of methoxy groups -OCH3 is 1. The van der Waals surface area contributed by atoms with Gasteiger partial charge in [-0.15, -0.1) is 0 Å². The number of aromatic nitrogens is 1. The standard InChI is InChI=1S/C18H14F2N2O3S/c1-25-13-6-8-14(9-7-13)26(23,24)22-17-5-3-2-4-15(17)18-16(20)10-12(19)11-21-18/h2-11,22H,1H3. The Balaban J connectivity index is 2.00. The van der Waals surface area contributed by atoms with Crippen molar-refractivity contribution in [1.82, 2.24) is 4.98 Å². The van der Waals surface area contributed by atoms with Crippen LogP contribution in [0.2, 0.25) is 0 Å². The molecule has 0 fully saturated rings. The molecule has 0 atom stereocenters. The molecule has 2 aromatic carbocycles. The summed E-state index contributed by atoms with van der Waals surface area (Å²) in [4.78, 5) is 3.75. The lowest BCUT2D eigenvalue weighted by atomic mass is 10.1. The van der Waals surface area contributed by atoms with Crippen molar-refractivity contribution in [1.29, 1.82) is 0 Å². The van der Waals surface area contributed by atoms with E-state index < -0.39 is 21.7 Å². The van der Waals surface area contributed by atoms with Gasteiger partial charge in [0, 0.05) is 11.6 Å². The average Bonchev–Trinajstić information content (AvgIpc) is 2.62. The van der Waals surface area contributed by atoms with Gasteiger partial charge in [-0.25, -0.2) is 17.2 Å². The smallest absolute Gasteiger partial charge is 0.261 e. The molecule has 0 aliphatic rings. The number of benzene rings is 2. The third-order valence-corrected chi connectivity index (χ3v) is 4.99. The van der Waals surface area contributed by atoms with Crippen LogP contribution in [0.15, 0.2) is 65.7 Å². The van der Waals surface area contributed by atoms with Crippen LogP contribution in [0.5, 0.6) is 5.75 Å². The topological polar surface area (TPSA) is 68.3 Å².